The minimum absolute atomic E-state index is 0.264. The topological polar surface area (TPSA) is 68.0 Å². The number of carbonyl (C=O) groups excluding carboxylic acids is 1. The molecule has 0 aliphatic heterocycles. The summed E-state index contributed by atoms with van der Waals surface area (Å²) in [6, 6.07) is 5.16. The number of halogens is 2. The molecular weight excluding hydrogens is 338 g/mol. The maximum absolute atomic E-state index is 11.9. The van der Waals surface area contributed by atoms with Crippen molar-refractivity contribution in [1.82, 2.24) is 4.98 Å². The molecule has 0 radical (unpaired) electrons. The van der Waals surface area contributed by atoms with Gasteiger partial charge < -0.3 is 11.1 Å². The molecule has 7 heteroatoms. The van der Waals surface area contributed by atoms with Gasteiger partial charge in [-0.05, 0) is 34.1 Å². The molecule has 0 aliphatic carbocycles. The molecule has 2 rings (SSSR count). The van der Waals surface area contributed by atoms with E-state index in [1.165, 1.54) is 11.3 Å². The second-order valence-electron chi connectivity index (χ2n) is 3.41. The molecule has 0 spiro atoms. The Morgan fingerprint density at radius 2 is 2.33 bits per heavy atom. The van der Waals surface area contributed by atoms with Crippen LogP contribution >= 0.6 is 38.9 Å². The fourth-order valence-electron chi connectivity index (χ4n) is 1.28. The Kier molecular flexibility index (Phi) is 4.34. The third kappa shape index (κ3) is 3.08. The van der Waals surface area contributed by atoms with Crippen molar-refractivity contribution in [3.05, 3.63) is 43.8 Å². The van der Waals surface area contributed by atoms with Gasteiger partial charge in [0.1, 0.15) is 10.7 Å². The number of hydrogen-bond donors (Lipinski definition) is 2. The molecule has 94 valence electrons. The van der Waals surface area contributed by atoms with Gasteiger partial charge in [0.05, 0.1) is 5.02 Å². The molecule has 0 aliphatic rings. The highest BCUT2D eigenvalue weighted by Crippen LogP contribution is 2.25. The second kappa shape index (κ2) is 5.79. The fourth-order valence-corrected chi connectivity index (χ4v) is 2.43. The largest absolute Gasteiger partial charge is 0.325 e. The van der Waals surface area contributed by atoms with Crippen molar-refractivity contribution in [3.8, 4) is 0 Å². The molecule has 1 heterocycles. The van der Waals surface area contributed by atoms with E-state index in [1.54, 1.807) is 23.6 Å². The van der Waals surface area contributed by atoms with Gasteiger partial charge in [-0.15, -0.1) is 11.3 Å². The smallest absolute Gasteiger partial charge is 0.275 e. The van der Waals surface area contributed by atoms with E-state index in [-0.39, 0.29) is 5.91 Å². The number of amides is 1. The Balaban J connectivity index is 2.13. The van der Waals surface area contributed by atoms with E-state index in [0.29, 0.717) is 22.9 Å². The lowest BCUT2D eigenvalue weighted by molar-refractivity contribution is 0.102. The number of aromatic nitrogens is 1. The summed E-state index contributed by atoms with van der Waals surface area (Å²) in [5.74, 6) is -0.264. The molecule has 0 fully saturated rings. The zero-order valence-electron chi connectivity index (χ0n) is 9.11. The number of anilines is 1. The third-order valence-corrected chi connectivity index (χ3v) is 4.22. The van der Waals surface area contributed by atoms with E-state index in [1.807, 2.05) is 0 Å². The summed E-state index contributed by atoms with van der Waals surface area (Å²) >= 11 is 10.5. The Morgan fingerprint density at radius 3 is 2.94 bits per heavy atom. The molecule has 0 atom stereocenters. The lowest BCUT2D eigenvalue weighted by Crippen LogP contribution is -2.12. The normalized spacial score (nSPS) is 10.4. The zero-order chi connectivity index (χ0) is 13.1. The predicted octanol–water partition coefficient (Wildman–Crippen LogP) is 3.27. The standard InChI is InChI=1S/C11H9BrClN3OS/c12-7-3-6(1-2-8(7)13)15-11(17)9-5-18-10(4-14)16-9/h1-3,5H,4,14H2,(H,15,17). The van der Waals surface area contributed by atoms with Gasteiger partial charge in [0.15, 0.2) is 0 Å². The zero-order valence-corrected chi connectivity index (χ0v) is 12.3. The van der Waals surface area contributed by atoms with Crippen LogP contribution in [0.2, 0.25) is 5.02 Å². The van der Waals surface area contributed by atoms with Gasteiger partial charge in [-0.2, -0.15) is 0 Å². The van der Waals surface area contributed by atoms with Crippen LogP contribution in [0, 0.1) is 0 Å². The first-order valence-corrected chi connectivity index (χ1v) is 7.06. The number of nitrogens with zero attached hydrogens (tertiary/aromatic N) is 1. The summed E-state index contributed by atoms with van der Waals surface area (Å²) in [6.07, 6.45) is 0. The molecule has 1 aromatic carbocycles. The molecule has 1 amide bonds. The molecule has 18 heavy (non-hydrogen) atoms. The van der Waals surface area contributed by atoms with Gasteiger partial charge in [0, 0.05) is 22.1 Å². The number of hydrogen-bond acceptors (Lipinski definition) is 4. The van der Waals surface area contributed by atoms with Gasteiger partial charge in [0.2, 0.25) is 0 Å². The Labute approximate surface area is 121 Å². The van der Waals surface area contributed by atoms with Gasteiger partial charge >= 0.3 is 0 Å². The molecule has 4 nitrogen and oxygen atoms in total. The first kappa shape index (κ1) is 13.5. The first-order chi connectivity index (χ1) is 8.60. The van der Waals surface area contributed by atoms with Crippen molar-refractivity contribution in [3.63, 3.8) is 0 Å². The van der Waals surface area contributed by atoms with Crippen molar-refractivity contribution in [2.24, 2.45) is 5.73 Å². The van der Waals surface area contributed by atoms with Gasteiger partial charge in [-0.3, -0.25) is 4.79 Å². The van der Waals surface area contributed by atoms with Gasteiger partial charge in [0.25, 0.3) is 5.91 Å². The SMILES string of the molecule is NCc1nc(C(=O)Nc2ccc(Cl)c(Br)c2)cs1. The summed E-state index contributed by atoms with van der Waals surface area (Å²) in [4.78, 5) is 16.0. The van der Waals surface area contributed by atoms with Crippen LogP contribution in [0.4, 0.5) is 5.69 Å². The number of nitrogens with two attached hydrogens (primary N) is 1. The Morgan fingerprint density at radius 1 is 1.56 bits per heavy atom. The van der Waals surface area contributed by atoms with Crippen LogP contribution < -0.4 is 11.1 Å². The number of rotatable bonds is 3. The maximum Gasteiger partial charge on any atom is 0.275 e. The minimum Gasteiger partial charge on any atom is -0.325 e. The van der Waals surface area contributed by atoms with E-state index in [9.17, 15) is 4.79 Å². The van der Waals surface area contributed by atoms with Crippen LogP contribution in [0.3, 0.4) is 0 Å². The average Bonchev–Trinajstić information content (AvgIpc) is 2.82. The second-order valence-corrected chi connectivity index (χ2v) is 5.62. The predicted molar refractivity (Wildman–Crippen MR) is 77.1 cm³/mol. The Bertz CT molecular complexity index is 587. The lowest BCUT2D eigenvalue weighted by atomic mass is 10.3. The molecular formula is C11H9BrClN3OS. The third-order valence-electron chi connectivity index (χ3n) is 2.14. The van der Waals surface area contributed by atoms with Crippen molar-refractivity contribution in [2.45, 2.75) is 6.54 Å². The molecule has 0 saturated heterocycles. The van der Waals surface area contributed by atoms with Gasteiger partial charge in [-0.1, -0.05) is 11.6 Å². The van der Waals surface area contributed by atoms with Crippen LogP contribution in [-0.2, 0) is 6.54 Å². The molecule has 1 aromatic heterocycles. The molecule has 0 saturated carbocycles. The number of benzene rings is 1. The monoisotopic (exact) mass is 345 g/mol. The van der Waals surface area contributed by atoms with Crippen molar-refractivity contribution in [2.75, 3.05) is 5.32 Å². The summed E-state index contributed by atoms with van der Waals surface area (Å²) in [7, 11) is 0. The van der Waals surface area contributed by atoms with Crippen LogP contribution in [0.1, 0.15) is 15.5 Å². The van der Waals surface area contributed by atoms with Crippen LogP contribution in [0.15, 0.2) is 28.1 Å². The average molecular weight is 347 g/mol. The van der Waals surface area contributed by atoms with E-state index >= 15 is 0 Å². The van der Waals surface area contributed by atoms with Crippen LogP contribution in [-0.4, -0.2) is 10.9 Å². The molecule has 2 aromatic rings. The minimum atomic E-state index is -0.264. The van der Waals surface area contributed by atoms with Crippen LogP contribution in [0.25, 0.3) is 0 Å². The highest BCUT2D eigenvalue weighted by Gasteiger charge is 2.11. The summed E-state index contributed by atoms with van der Waals surface area (Å²) in [6.45, 7) is 0.338. The first-order valence-electron chi connectivity index (χ1n) is 5.01. The van der Waals surface area contributed by atoms with Crippen molar-refractivity contribution >= 4 is 50.5 Å². The van der Waals surface area contributed by atoms with E-state index in [4.69, 9.17) is 17.3 Å². The fraction of sp³-hybridized carbons (Fsp3) is 0.0909. The molecule has 3 N–H and O–H groups in total. The quantitative estimate of drug-likeness (QED) is 0.896. The van der Waals surface area contributed by atoms with Crippen molar-refractivity contribution in [1.29, 1.82) is 0 Å². The van der Waals surface area contributed by atoms with E-state index in [0.717, 1.165) is 9.48 Å². The highest BCUT2D eigenvalue weighted by atomic mass is 79.9. The van der Waals surface area contributed by atoms with E-state index < -0.39 is 0 Å². The molecule has 0 bridgehead atoms. The summed E-state index contributed by atoms with van der Waals surface area (Å²) in [5, 5.41) is 5.75. The number of carbonyl (C=O) groups is 1. The summed E-state index contributed by atoms with van der Waals surface area (Å²) < 4.78 is 0.725. The summed E-state index contributed by atoms with van der Waals surface area (Å²) in [5.41, 5.74) is 6.47. The highest BCUT2D eigenvalue weighted by molar-refractivity contribution is 9.10. The molecule has 0 unspecified atom stereocenters. The van der Waals surface area contributed by atoms with Crippen molar-refractivity contribution < 1.29 is 4.79 Å². The Hall–Kier alpha value is -0.950. The maximum atomic E-state index is 11.9. The van der Waals surface area contributed by atoms with E-state index in [2.05, 4.69) is 26.2 Å². The lowest BCUT2D eigenvalue weighted by Gasteiger charge is -2.04. The van der Waals surface area contributed by atoms with Crippen LogP contribution in [0.5, 0.6) is 0 Å². The van der Waals surface area contributed by atoms with Gasteiger partial charge in [-0.25, -0.2) is 4.98 Å². The number of thiazole rings is 1. The number of nitrogens with one attached hydrogen (secondary N) is 1.